The van der Waals surface area contributed by atoms with Gasteiger partial charge in [-0.1, -0.05) is 0 Å². The van der Waals surface area contributed by atoms with Crippen molar-refractivity contribution in [2.45, 2.75) is 38.1 Å². The first-order valence-electron chi connectivity index (χ1n) is 8.02. The predicted molar refractivity (Wildman–Crippen MR) is 86.7 cm³/mol. The fraction of sp³-hybridized carbons (Fsp3) is 0.500. The fourth-order valence-corrected chi connectivity index (χ4v) is 3.32. The molecule has 126 valence electrons. The highest BCUT2D eigenvalue weighted by Crippen LogP contribution is 2.57. The number of aliphatic hydroxyl groups is 1. The Balaban J connectivity index is 1.75. The van der Waals surface area contributed by atoms with Gasteiger partial charge in [0.1, 0.15) is 5.82 Å². The number of nitrogen functional groups attached to an aromatic ring is 1. The van der Waals surface area contributed by atoms with Crippen LogP contribution in [0, 0.1) is 5.92 Å². The van der Waals surface area contributed by atoms with Gasteiger partial charge in [0.25, 0.3) is 5.91 Å². The molecule has 0 aliphatic heterocycles. The molecule has 8 heteroatoms. The molecule has 2 aliphatic carbocycles. The van der Waals surface area contributed by atoms with E-state index in [-0.39, 0.29) is 12.5 Å². The number of hydrogen-bond acceptors (Lipinski definition) is 6. The second-order valence-electron chi connectivity index (χ2n) is 7.23. The van der Waals surface area contributed by atoms with Crippen LogP contribution in [0.1, 0.15) is 47.9 Å². The van der Waals surface area contributed by atoms with Crippen molar-refractivity contribution < 1.29 is 9.90 Å². The third-order valence-corrected chi connectivity index (χ3v) is 4.70. The molecule has 0 bridgehead atoms. The van der Waals surface area contributed by atoms with Gasteiger partial charge in [-0.05, 0) is 32.6 Å². The van der Waals surface area contributed by atoms with E-state index in [1.807, 2.05) is 0 Å². The zero-order chi connectivity index (χ0) is 17.1. The van der Waals surface area contributed by atoms with Crippen molar-refractivity contribution in [3.8, 4) is 5.82 Å². The van der Waals surface area contributed by atoms with E-state index in [0.717, 1.165) is 24.1 Å². The van der Waals surface area contributed by atoms with E-state index >= 15 is 0 Å². The maximum atomic E-state index is 12.6. The van der Waals surface area contributed by atoms with Crippen LogP contribution >= 0.6 is 0 Å². The number of anilines is 1. The molecule has 0 spiro atoms. The molecule has 2 aromatic rings. The number of carbonyl (C=O) groups is 1. The molecule has 0 radical (unpaired) electrons. The Kier molecular flexibility index (Phi) is 3.14. The molecule has 1 saturated carbocycles. The lowest BCUT2D eigenvalue weighted by molar-refractivity contribution is 0.0863. The highest BCUT2D eigenvalue weighted by atomic mass is 16.3. The molecule has 0 aromatic carbocycles. The van der Waals surface area contributed by atoms with Crippen molar-refractivity contribution >= 4 is 11.7 Å². The lowest BCUT2D eigenvalue weighted by Crippen LogP contribution is -2.46. The molecule has 0 unspecified atom stereocenters. The SMILES string of the molecule is CC(C)(CO)NC(=O)c1nn(-c2cnc(N)cn2)c2c1C[C@H]1C[C@@H]21. The van der Waals surface area contributed by atoms with E-state index in [4.69, 9.17) is 5.73 Å². The normalized spacial score (nSPS) is 21.3. The van der Waals surface area contributed by atoms with Crippen LogP contribution in [0.25, 0.3) is 5.82 Å². The average Bonchev–Trinajstić information content (AvgIpc) is 3.04. The lowest BCUT2D eigenvalue weighted by Gasteiger charge is -2.23. The largest absolute Gasteiger partial charge is 0.394 e. The molecule has 0 saturated heterocycles. The molecule has 1 fully saturated rings. The average molecular weight is 328 g/mol. The van der Waals surface area contributed by atoms with Crippen molar-refractivity contribution in [3.63, 3.8) is 0 Å². The van der Waals surface area contributed by atoms with Crippen LogP contribution in [-0.4, -0.2) is 42.9 Å². The number of amides is 1. The third-order valence-electron chi connectivity index (χ3n) is 4.70. The smallest absolute Gasteiger partial charge is 0.272 e. The number of nitrogens with two attached hydrogens (primary N) is 1. The molecule has 2 heterocycles. The maximum Gasteiger partial charge on any atom is 0.272 e. The van der Waals surface area contributed by atoms with Crippen LogP contribution in [0.2, 0.25) is 0 Å². The monoisotopic (exact) mass is 328 g/mol. The molecule has 24 heavy (non-hydrogen) atoms. The highest BCUT2D eigenvalue weighted by molar-refractivity contribution is 5.95. The Hall–Kier alpha value is -2.48. The van der Waals surface area contributed by atoms with Gasteiger partial charge in [0.05, 0.1) is 30.2 Å². The van der Waals surface area contributed by atoms with Crippen molar-refractivity contribution in [2.75, 3.05) is 12.3 Å². The number of rotatable bonds is 4. The molecule has 2 aliphatic rings. The van der Waals surface area contributed by atoms with Crippen LogP contribution in [0.15, 0.2) is 12.4 Å². The highest BCUT2D eigenvalue weighted by Gasteiger charge is 2.50. The van der Waals surface area contributed by atoms with Crippen LogP contribution in [0.3, 0.4) is 0 Å². The Morgan fingerprint density at radius 2 is 2.25 bits per heavy atom. The van der Waals surface area contributed by atoms with Gasteiger partial charge in [0.2, 0.25) is 0 Å². The Morgan fingerprint density at radius 3 is 2.92 bits per heavy atom. The zero-order valence-electron chi connectivity index (χ0n) is 13.7. The minimum atomic E-state index is -0.698. The van der Waals surface area contributed by atoms with Crippen molar-refractivity contribution in [2.24, 2.45) is 5.92 Å². The number of aromatic nitrogens is 4. The standard InChI is InChI=1S/C16H20N6O2/c1-16(2,7-23)20-15(24)13-10-4-8-3-9(8)14(10)22(21-13)12-6-18-11(17)5-19-12/h5-6,8-9,23H,3-4,7H2,1-2H3,(H2,17,18)(H,20,24)/t8-,9-/m1/s1. The summed E-state index contributed by atoms with van der Waals surface area (Å²) in [7, 11) is 0. The summed E-state index contributed by atoms with van der Waals surface area (Å²) >= 11 is 0. The molecular weight excluding hydrogens is 308 g/mol. The number of nitrogens with zero attached hydrogens (tertiary/aromatic N) is 4. The number of carbonyl (C=O) groups excluding carboxylic acids is 1. The summed E-state index contributed by atoms with van der Waals surface area (Å²) in [6.07, 6.45) is 5.05. The summed E-state index contributed by atoms with van der Waals surface area (Å²) in [4.78, 5) is 21.0. The Morgan fingerprint density at radius 1 is 1.46 bits per heavy atom. The van der Waals surface area contributed by atoms with Crippen molar-refractivity contribution in [3.05, 3.63) is 29.3 Å². The maximum absolute atomic E-state index is 12.6. The van der Waals surface area contributed by atoms with E-state index in [0.29, 0.717) is 29.2 Å². The lowest BCUT2D eigenvalue weighted by atomic mass is 10.1. The molecule has 2 aromatic heterocycles. The van der Waals surface area contributed by atoms with Crippen LogP contribution in [0.4, 0.5) is 5.82 Å². The van der Waals surface area contributed by atoms with Gasteiger partial charge in [-0.3, -0.25) is 4.79 Å². The Bertz CT molecular complexity index is 811. The van der Waals surface area contributed by atoms with Crippen LogP contribution in [-0.2, 0) is 6.42 Å². The zero-order valence-corrected chi connectivity index (χ0v) is 13.7. The molecule has 8 nitrogen and oxygen atoms in total. The van der Waals surface area contributed by atoms with E-state index < -0.39 is 5.54 Å². The first kappa shape index (κ1) is 15.1. The van der Waals surface area contributed by atoms with E-state index in [2.05, 4.69) is 20.4 Å². The second kappa shape index (κ2) is 5.01. The quantitative estimate of drug-likeness (QED) is 0.748. The molecule has 4 N–H and O–H groups in total. The van der Waals surface area contributed by atoms with Gasteiger partial charge in [0.15, 0.2) is 11.5 Å². The van der Waals surface area contributed by atoms with Gasteiger partial charge in [-0.15, -0.1) is 0 Å². The fourth-order valence-electron chi connectivity index (χ4n) is 3.32. The van der Waals surface area contributed by atoms with Gasteiger partial charge >= 0.3 is 0 Å². The third kappa shape index (κ3) is 2.34. The summed E-state index contributed by atoms with van der Waals surface area (Å²) in [5.74, 6) is 1.68. The van der Waals surface area contributed by atoms with Crippen LogP contribution in [0.5, 0.6) is 0 Å². The molecule has 4 rings (SSSR count). The second-order valence-corrected chi connectivity index (χ2v) is 7.23. The predicted octanol–water partition coefficient (Wildman–Crippen LogP) is 0.405. The Labute approximate surface area is 139 Å². The van der Waals surface area contributed by atoms with Crippen LogP contribution < -0.4 is 11.1 Å². The number of hydrogen-bond donors (Lipinski definition) is 3. The van der Waals surface area contributed by atoms with E-state index in [1.54, 1.807) is 24.7 Å². The van der Waals surface area contributed by atoms with E-state index in [1.165, 1.54) is 6.20 Å². The number of fused-ring (bicyclic) bond motifs is 3. The van der Waals surface area contributed by atoms with Crippen molar-refractivity contribution in [1.82, 2.24) is 25.1 Å². The van der Waals surface area contributed by atoms with E-state index in [9.17, 15) is 9.90 Å². The molecular formula is C16H20N6O2. The first-order valence-corrected chi connectivity index (χ1v) is 8.02. The minimum Gasteiger partial charge on any atom is -0.394 e. The van der Waals surface area contributed by atoms with Crippen molar-refractivity contribution in [1.29, 1.82) is 0 Å². The number of nitrogens with one attached hydrogen (secondary N) is 1. The number of aliphatic hydroxyl groups excluding tert-OH is 1. The molecule has 2 atom stereocenters. The van der Waals surface area contributed by atoms with Gasteiger partial charge in [-0.2, -0.15) is 5.10 Å². The molecule has 1 amide bonds. The summed E-state index contributed by atoms with van der Waals surface area (Å²) in [6.45, 7) is 3.40. The topological polar surface area (TPSA) is 119 Å². The summed E-state index contributed by atoms with van der Waals surface area (Å²) in [5, 5.41) is 16.7. The summed E-state index contributed by atoms with van der Waals surface area (Å²) in [6, 6.07) is 0. The minimum absolute atomic E-state index is 0.143. The first-order chi connectivity index (χ1) is 11.4. The summed E-state index contributed by atoms with van der Waals surface area (Å²) in [5.41, 5.74) is 7.36. The van der Waals surface area contributed by atoms with Gasteiger partial charge in [0, 0.05) is 11.5 Å². The van der Waals surface area contributed by atoms with Gasteiger partial charge < -0.3 is 16.2 Å². The van der Waals surface area contributed by atoms with Gasteiger partial charge in [-0.25, -0.2) is 14.6 Å². The summed E-state index contributed by atoms with van der Waals surface area (Å²) < 4.78 is 1.72.